The van der Waals surface area contributed by atoms with Crippen molar-refractivity contribution in [2.24, 2.45) is 5.10 Å². The van der Waals surface area contributed by atoms with Crippen LogP contribution in [-0.2, 0) is 24.5 Å². The van der Waals surface area contributed by atoms with Crippen LogP contribution in [0.2, 0.25) is 0 Å². The lowest BCUT2D eigenvalue weighted by molar-refractivity contribution is -0.151. The van der Waals surface area contributed by atoms with Gasteiger partial charge in [0.05, 0.1) is 18.2 Å². The molecule has 166 valence electrons. The van der Waals surface area contributed by atoms with Crippen LogP contribution in [0.25, 0.3) is 0 Å². The van der Waals surface area contributed by atoms with Crippen molar-refractivity contribution in [3.63, 3.8) is 0 Å². The Bertz CT molecular complexity index is 1030. The van der Waals surface area contributed by atoms with Gasteiger partial charge in [0, 0.05) is 19.5 Å². The number of hydrazone groups is 1. The van der Waals surface area contributed by atoms with E-state index in [0.29, 0.717) is 31.6 Å². The lowest BCUT2D eigenvalue weighted by atomic mass is 9.72. The molecule has 0 aliphatic carbocycles. The SMILES string of the molecule is COC(=O)C1(c2ccccc2)CCN(C(=O)C2=NN(c3ccccc3)C(C(C)=O)C2)CC1. The monoisotopic (exact) mass is 433 g/mol. The summed E-state index contributed by atoms with van der Waals surface area (Å²) in [6.45, 7) is 2.35. The lowest BCUT2D eigenvalue weighted by Crippen LogP contribution is -2.50. The molecule has 0 radical (unpaired) electrons. The molecule has 1 unspecified atom stereocenters. The number of esters is 1. The van der Waals surface area contributed by atoms with E-state index < -0.39 is 11.5 Å². The summed E-state index contributed by atoms with van der Waals surface area (Å²) in [6, 6.07) is 18.5. The van der Waals surface area contributed by atoms with Crippen LogP contribution >= 0.6 is 0 Å². The zero-order chi connectivity index (χ0) is 22.7. The molecule has 2 aromatic rings. The van der Waals surface area contributed by atoms with E-state index >= 15 is 0 Å². The van der Waals surface area contributed by atoms with Gasteiger partial charge in [0.25, 0.3) is 5.91 Å². The van der Waals surface area contributed by atoms with Crippen LogP contribution in [0, 0.1) is 0 Å². The Labute approximate surface area is 187 Å². The molecule has 1 atom stereocenters. The third kappa shape index (κ3) is 3.90. The first-order valence-corrected chi connectivity index (χ1v) is 10.8. The number of hydrogen-bond donors (Lipinski definition) is 0. The van der Waals surface area contributed by atoms with E-state index in [4.69, 9.17) is 4.74 Å². The Morgan fingerprint density at radius 2 is 1.56 bits per heavy atom. The Balaban J connectivity index is 1.53. The minimum absolute atomic E-state index is 0.0344. The highest BCUT2D eigenvalue weighted by Gasteiger charge is 2.46. The normalized spacial score (nSPS) is 19.9. The Morgan fingerprint density at radius 1 is 0.969 bits per heavy atom. The number of carbonyl (C=O) groups excluding carboxylic acids is 3. The zero-order valence-corrected chi connectivity index (χ0v) is 18.4. The fraction of sp³-hybridized carbons (Fsp3) is 0.360. The summed E-state index contributed by atoms with van der Waals surface area (Å²) in [6.07, 6.45) is 1.23. The average Bonchev–Trinajstić information content (AvgIpc) is 3.30. The maximum absolute atomic E-state index is 13.3. The number of ketones is 1. The molecule has 2 aromatic carbocycles. The number of anilines is 1. The van der Waals surface area contributed by atoms with Gasteiger partial charge >= 0.3 is 5.97 Å². The number of rotatable bonds is 5. The molecule has 2 heterocycles. The first kappa shape index (κ1) is 21.7. The van der Waals surface area contributed by atoms with Crippen molar-refractivity contribution in [3.8, 4) is 0 Å². The molecule has 0 saturated carbocycles. The van der Waals surface area contributed by atoms with E-state index in [1.54, 1.807) is 9.91 Å². The molecular weight excluding hydrogens is 406 g/mol. The van der Waals surface area contributed by atoms with Gasteiger partial charge in [-0.05, 0) is 37.5 Å². The Kier molecular flexibility index (Phi) is 6.08. The van der Waals surface area contributed by atoms with Gasteiger partial charge in [-0.25, -0.2) is 0 Å². The van der Waals surface area contributed by atoms with E-state index in [1.807, 2.05) is 60.7 Å². The van der Waals surface area contributed by atoms with Crippen LogP contribution in [-0.4, -0.2) is 54.5 Å². The highest BCUT2D eigenvalue weighted by atomic mass is 16.5. The van der Waals surface area contributed by atoms with E-state index in [2.05, 4.69) is 5.10 Å². The van der Waals surface area contributed by atoms with E-state index in [0.717, 1.165) is 11.3 Å². The molecule has 32 heavy (non-hydrogen) atoms. The number of nitrogens with zero attached hydrogens (tertiary/aromatic N) is 3. The number of methoxy groups -OCH3 is 1. The van der Waals surface area contributed by atoms with Gasteiger partial charge < -0.3 is 9.64 Å². The number of para-hydroxylation sites is 1. The molecule has 7 heteroatoms. The number of likely N-dealkylation sites (tertiary alicyclic amines) is 1. The van der Waals surface area contributed by atoms with Crippen molar-refractivity contribution in [1.29, 1.82) is 0 Å². The maximum Gasteiger partial charge on any atom is 0.316 e. The fourth-order valence-corrected chi connectivity index (χ4v) is 4.61. The molecule has 0 N–H and O–H groups in total. The summed E-state index contributed by atoms with van der Waals surface area (Å²) in [5, 5.41) is 6.17. The number of carbonyl (C=O) groups is 3. The zero-order valence-electron chi connectivity index (χ0n) is 18.4. The number of benzene rings is 2. The van der Waals surface area contributed by atoms with Crippen molar-refractivity contribution in [1.82, 2.24) is 4.90 Å². The van der Waals surface area contributed by atoms with Crippen molar-refractivity contribution < 1.29 is 19.1 Å². The number of piperidine rings is 1. The third-order valence-corrected chi connectivity index (χ3v) is 6.45. The van der Waals surface area contributed by atoms with Gasteiger partial charge in [-0.3, -0.25) is 19.4 Å². The quantitative estimate of drug-likeness (QED) is 0.678. The van der Waals surface area contributed by atoms with E-state index in [9.17, 15) is 14.4 Å². The van der Waals surface area contributed by atoms with Gasteiger partial charge in [-0.2, -0.15) is 5.10 Å². The van der Waals surface area contributed by atoms with Crippen LogP contribution in [0.4, 0.5) is 5.69 Å². The Morgan fingerprint density at radius 3 is 2.12 bits per heavy atom. The maximum atomic E-state index is 13.3. The van der Waals surface area contributed by atoms with Gasteiger partial charge in [0.15, 0.2) is 5.78 Å². The molecule has 0 spiro atoms. The van der Waals surface area contributed by atoms with Gasteiger partial charge in [-0.15, -0.1) is 0 Å². The highest BCUT2D eigenvalue weighted by molar-refractivity contribution is 6.40. The minimum Gasteiger partial charge on any atom is -0.468 e. The van der Waals surface area contributed by atoms with Gasteiger partial charge in [0.1, 0.15) is 11.8 Å². The topological polar surface area (TPSA) is 79.3 Å². The summed E-state index contributed by atoms with van der Waals surface area (Å²) in [5.41, 5.74) is 1.30. The van der Waals surface area contributed by atoms with Crippen molar-refractivity contribution in [2.75, 3.05) is 25.2 Å². The molecule has 0 bridgehead atoms. The van der Waals surface area contributed by atoms with Crippen LogP contribution in [0.3, 0.4) is 0 Å². The summed E-state index contributed by atoms with van der Waals surface area (Å²) >= 11 is 0. The molecule has 4 rings (SSSR count). The average molecular weight is 434 g/mol. The predicted octanol–water partition coefficient (Wildman–Crippen LogP) is 2.94. The van der Waals surface area contributed by atoms with Crippen molar-refractivity contribution in [3.05, 3.63) is 66.2 Å². The molecule has 7 nitrogen and oxygen atoms in total. The second kappa shape index (κ2) is 8.94. The molecule has 1 amide bonds. The summed E-state index contributed by atoms with van der Waals surface area (Å²) < 4.78 is 5.14. The second-order valence-electron chi connectivity index (χ2n) is 8.29. The van der Waals surface area contributed by atoms with Crippen molar-refractivity contribution >= 4 is 29.1 Å². The molecule has 2 aliphatic rings. The Hall–Kier alpha value is -3.48. The molecular formula is C25H27N3O4. The predicted molar refractivity (Wildman–Crippen MR) is 121 cm³/mol. The minimum atomic E-state index is -0.762. The number of amides is 1. The van der Waals surface area contributed by atoms with Gasteiger partial charge in [0.2, 0.25) is 0 Å². The van der Waals surface area contributed by atoms with E-state index in [1.165, 1.54) is 14.0 Å². The number of ether oxygens (including phenoxy) is 1. The second-order valence-corrected chi connectivity index (χ2v) is 8.29. The number of hydrogen-bond acceptors (Lipinski definition) is 6. The van der Waals surface area contributed by atoms with Crippen LogP contribution in [0.5, 0.6) is 0 Å². The largest absolute Gasteiger partial charge is 0.468 e. The summed E-state index contributed by atoms with van der Waals surface area (Å²) in [4.78, 5) is 40.0. The molecule has 2 aliphatic heterocycles. The summed E-state index contributed by atoms with van der Waals surface area (Å²) in [7, 11) is 1.40. The molecule has 1 saturated heterocycles. The van der Waals surface area contributed by atoms with Crippen LogP contribution in [0.1, 0.15) is 31.7 Å². The van der Waals surface area contributed by atoms with Crippen LogP contribution < -0.4 is 5.01 Å². The highest BCUT2D eigenvalue weighted by Crippen LogP contribution is 2.37. The van der Waals surface area contributed by atoms with Gasteiger partial charge in [-0.1, -0.05) is 48.5 Å². The smallest absolute Gasteiger partial charge is 0.316 e. The van der Waals surface area contributed by atoms with Crippen LogP contribution in [0.15, 0.2) is 65.8 Å². The molecule has 1 fully saturated rings. The van der Waals surface area contributed by atoms with Crippen molar-refractivity contribution in [2.45, 2.75) is 37.6 Å². The first-order chi connectivity index (χ1) is 15.5. The fourth-order valence-electron chi connectivity index (χ4n) is 4.61. The number of Topliss-reactive ketones (excluding diaryl/α,β-unsaturated/α-hetero) is 1. The first-order valence-electron chi connectivity index (χ1n) is 10.8. The molecule has 0 aromatic heterocycles. The third-order valence-electron chi connectivity index (χ3n) is 6.45. The standard InChI is InChI=1S/C25H27N3O4/c1-18(29)22-17-21(26-28(22)20-11-7-4-8-12-20)23(30)27-15-13-25(14-16-27,24(31)32-2)19-9-5-3-6-10-19/h3-12,22H,13-17H2,1-2H3. The lowest BCUT2D eigenvalue weighted by Gasteiger charge is -2.40. The van der Waals surface area contributed by atoms with E-state index in [-0.39, 0.29) is 24.1 Å². The summed E-state index contributed by atoms with van der Waals surface area (Å²) in [5.74, 6) is -0.491.